The van der Waals surface area contributed by atoms with Crippen molar-refractivity contribution in [1.29, 1.82) is 0 Å². The third-order valence-electron chi connectivity index (χ3n) is 5.36. The zero-order valence-electron chi connectivity index (χ0n) is 17.9. The maximum atomic E-state index is 13.0. The normalized spacial score (nSPS) is 14.3. The van der Waals surface area contributed by atoms with Gasteiger partial charge in [0.2, 0.25) is 0 Å². The second kappa shape index (κ2) is 11.5. The van der Waals surface area contributed by atoms with Crippen LogP contribution < -0.4 is 0 Å². The van der Waals surface area contributed by atoms with Crippen LogP contribution in [0.1, 0.15) is 98.8 Å². The fourth-order valence-electron chi connectivity index (χ4n) is 3.67. The number of fused-ring (bicyclic) bond motifs is 1. The van der Waals surface area contributed by atoms with E-state index in [2.05, 4.69) is 6.92 Å². The van der Waals surface area contributed by atoms with Crippen molar-refractivity contribution >= 4 is 17.5 Å². The summed E-state index contributed by atoms with van der Waals surface area (Å²) in [5.41, 5.74) is -0.379. The maximum absolute atomic E-state index is 13.0. The van der Waals surface area contributed by atoms with Crippen LogP contribution in [0.5, 0.6) is 11.5 Å². The molecule has 6 nitrogen and oxygen atoms in total. The first-order chi connectivity index (χ1) is 14.4. The fraction of sp³-hybridized carbons (Fsp3) is 0.542. The van der Waals surface area contributed by atoms with Gasteiger partial charge in [-0.2, -0.15) is 0 Å². The van der Waals surface area contributed by atoms with Gasteiger partial charge in [0.25, 0.3) is 0 Å². The molecule has 0 aliphatic heterocycles. The van der Waals surface area contributed by atoms with Gasteiger partial charge in [0, 0.05) is 12.0 Å². The summed E-state index contributed by atoms with van der Waals surface area (Å²) < 4.78 is 5.62. The number of hydrogen-bond acceptors (Lipinski definition) is 6. The third kappa shape index (κ3) is 5.94. The predicted octanol–water partition coefficient (Wildman–Crippen LogP) is 5.26. The Labute approximate surface area is 177 Å². The molecule has 30 heavy (non-hydrogen) atoms. The number of carbonyl (C=O) groups excluding carboxylic acids is 3. The molecule has 0 heterocycles. The zero-order chi connectivity index (χ0) is 22.1. The summed E-state index contributed by atoms with van der Waals surface area (Å²) in [4.78, 5) is 38.0. The molecule has 6 heteroatoms. The Balaban J connectivity index is 2.18. The number of ketones is 2. The van der Waals surface area contributed by atoms with Crippen molar-refractivity contribution in [3.8, 4) is 11.5 Å². The predicted molar refractivity (Wildman–Crippen MR) is 114 cm³/mol. The zero-order valence-corrected chi connectivity index (χ0v) is 17.9. The Morgan fingerprint density at radius 1 is 0.900 bits per heavy atom. The summed E-state index contributed by atoms with van der Waals surface area (Å²) in [5.74, 6) is -2.29. The highest BCUT2D eigenvalue weighted by Gasteiger charge is 2.35. The first-order valence-corrected chi connectivity index (χ1v) is 11.0. The number of Topliss-reactive ketones (excluding diaryl/α,β-unsaturated/α-hetero) is 1. The molecule has 1 aromatic carbocycles. The number of unbranched alkanes of at least 4 members (excludes halogenated alkanes) is 6. The van der Waals surface area contributed by atoms with Crippen molar-refractivity contribution in [3.63, 3.8) is 0 Å². The molecule has 1 aliphatic carbocycles. The molecule has 2 rings (SSSR count). The number of ether oxygens (including phenoxy) is 1. The van der Waals surface area contributed by atoms with E-state index in [0.29, 0.717) is 6.42 Å². The van der Waals surface area contributed by atoms with Crippen LogP contribution in [0.3, 0.4) is 0 Å². The number of esters is 1. The molecule has 0 radical (unpaired) electrons. The summed E-state index contributed by atoms with van der Waals surface area (Å²) in [6, 6.07) is 2.35. The van der Waals surface area contributed by atoms with Crippen LogP contribution in [0.4, 0.5) is 0 Å². The minimum atomic E-state index is -0.842. The molecule has 0 bridgehead atoms. The lowest BCUT2D eigenvalue weighted by Crippen LogP contribution is -2.29. The Kier molecular flexibility index (Phi) is 9.09. The number of rotatable bonds is 12. The molecule has 0 saturated heterocycles. The molecule has 2 N–H and O–H groups in total. The van der Waals surface area contributed by atoms with Gasteiger partial charge in [0.15, 0.2) is 11.6 Å². The summed E-state index contributed by atoms with van der Waals surface area (Å²) in [7, 11) is 0. The molecule has 164 valence electrons. The number of phenols is 2. The van der Waals surface area contributed by atoms with Crippen LogP contribution in [-0.4, -0.2) is 33.9 Å². The summed E-state index contributed by atoms with van der Waals surface area (Å²) in [5, 5.41) is 20.1. The van der Waals surface area contributed by atoms with E-state index in [4.69, 9.17) is 4.74 Å². The van der Waals surface area contributed by atoms with E-state index in [9.17, 15) is 24.6 Å². The van der Waals surface area contributed by atoms with Gasteiger partial charge < -0.3 is 14.9 Å². The van der Waals surface area contributed by atoms with Crippen molar-refractivity contribution in [1.82, 2.24) is 0 Å². The van der Waals surface area contributed by atoms with Crippen LogP contribution in [0.2, 0.25) is 0 Å². The van der Waals surface area contributed by atoms with Gasteiger partial charge in [-0.1, -0.05) is 52.4 Å². The molecule has 0 fully saturated rings. The molecule has 1 aliphatic rings. The van der Waals surface area contributed by atoms with Gasteiger partial charge in [-0.05, 0) is 37.5 Å². The molecule has 0 amide bonds. The standard InChI is InChI=1S/C24H32O6/c1-3-5-7-8-10-12-21(28)30-20(11-9-6-4-2)16-15-19(27)22-17(25)13-14-18(26)23(22)24(16)29/h13-15,20,25-26H,3-12H2,1-2H3. The van der Waals surface area contributed by atoms with Gasteiger partial charge in [0.1, 0.15) is 17.6 Å². The van der Waals surface area contributed by atoms with Gasteiger partial charge in [-0.3, -0.25) is 14.4 Å². The van der Waals surface area contributed by atoms with Crippen molar-refractivity contribution < 1.29 is 29.3 Å². The van der Waals surface area contributed by atoms with Gasteiger partial charge in [-0.15, -0.1) is 0 Å². The van der Waals surface area contributed by atoms with Crippen molar-refractivity contribution in [3.05, 3.63) is 34.9 Å². The molecule has 0 saturated carbocycles. The van der Waals surface area contributed by atoms with E-state index in [-0.39, 0.29) is 40.6 Å². The number of carbonyl (C=O) groups is 3. The molecule has 1 unspecified atom stereocenters. The first kappa shape index (κ1) is 23.6. The lowest BCUT2D eigenvalue weighted by molar-refractivity contribution is -0.147. The van der Waals surface area contributed by atoms with E-state index in [1.165, 1.54) is 12.1 Å². The van der Waals surface area contributed by atoms with Crippen molar-refractivity contribution in [2.75, 3.05) is 0 Å². The van der Waals surface area contributed by atoms with E-state index >= 15 is 0 Å². The maximum Gasteiger partial charge on any atom is 0.306 e. The van der Waals surface area contributed by atoms with E-state index < -0.39 is 17.7 Å². The Hall–Kier alpha value is -2.63. The largest absolute Gasteiger partial charge is 0.507 e. The number of aromatic hydroxyl groups is 2. The molecule has 0 aromatic heterocycles. The summed E-state index contributed by atoms with van der Waals surface area (Å²) in [6.07, 6.45) is 8.59. The monoisotopic (exact) mass is 416 g/mol. The molecule has 0 spiro atoms. The fourth-order valence-corrected chi connectivity index (χ4v) is 3.67. The van der Waals surface area contributed by atoms with E-state index in [1.54, 1.807) is 0 Å². The van der Waals surface area contributed by atoms with Crippen LogP contribution in [0, 0.1) is 0 Å². The van der Waals surface area contributed by atoms with Gasteiger partial charge in [-0.25, -0.2) is 0 Å². The summed E-state index contributed by atoms with van der Waals surface area (Å²) in [6.45, 7) is 4.17. The quantitative estimate of drug-likeness (QED) is 0.274. The highest BCUT2D eigenvalue weighted by Crippen LogP contribution is 2.36. The smallest absolute Gasteiger partial charge is 0.306 e. The first-order valence-electron chi connectivity index (χ1n) is 11.0. The second-order valence-corrected chi connectivity index (χ2v) is 7.79. The lowest BCUT2D eigenvalue weighted by Gasteiger charge is -2.24. The molecular formula is C24H32O6. The second-order valence-electron chi connectivity index (χ2n) is 7.79. The van der Waals surface area contributed by atoms with Gasteiger partial charge >= 0.3 is 5.97 Å². The van der Waals surface area contributed by atoms with Crippen LogP contribution in [0.25, 0.3) is 0 Å². The SMILES string of the molecule is CCCCCCCC(=O)OC(CCCCC)C1=CC(=O)c2c(O)ccc(O)c2C1=O. The van der Waals surface area contributed by atoms with Gasteiger partial charge in [0.05, 0.1) is 11.1 Å². The lowest BCUT2D eigenvalue weighted by atomic mass is 9.84. The molecule has 1 aromatic rings. The highest BCUT2D eigenvalue weighted by atomic mass is 16.5. The average Bonchev–Trinajstić information content (AvgIpc) is 2.71. The number of allylic oxidation sites excluding steroid dienone is 1. The van der Waals surface area contributed by atoms with Crippen LogP contribution in [0.15, 0.2) is 23.8 Å². The topological polar surface area (TPSA) is 101 Å². The van der Waals surface area contributed by atoms with Crippen LogP contribution >= 0.6 is 0 Å². The molecule has 1 atom stereocenters. The van der Waals surface area contributed by atoms with Crippen LogP contribution in [-0.2, 0) is 9.53 Å². The highest BCUT2D eigenvalue weighted by molar-refractivity contribution is 6.27. The van der Waals surface area contributed by atoms with E-state index in [0.717, 1.165) is 57.4 Å². The Morgan fingerprint density at radius 3 is 2.17 bits per heavy atom. The Morgan fingerprint density at radius 2 is 1.50 bits per heavy atom. The molecular weight excluding hydrogens is 384 g/mol. The Bertz CT molecular complexity index is 808. The third-order valence-corrected chi connectivity index (χ3v) is 5.36. The average molecular weight is 417 g/mol. The minimum Gasteiger partial charge on any atom is -0.507 e. The summed E-state index contributed by atoms with van der Waals surface area (Å²) >= 11 is 0. The van der Waals surface area contributed by atoms with E-state index in [1.807, 2.05) is 6.92 Å². The number of benzene rings is 1. The van der Waals surface area contributed by atoms with Crippen molar-refractivity contribution in [2.45, 2.75) is 84.2 Å². The number of phenolic OH excluding ortho intramolecular Hbond substituents is 2. The van der Waals surface area contributed by atoms with Crippen molar-refractivity contribution in [2.24, 2.45) is 0 Å². The minimum absolute atomic E-state index is 0.0591. The number of hydrogen-bond donors (Lipinski definition) is 2.